The van der Waals surface area contributed by atoms with Crippen LogP contribution in [0, 0.1) is 11.4 Å². The van der Waals surface area contributed by atoms with Crippen molar-refractivity contribution in [2.75, 3.05) is 0 Å². The van der Waals surface area contributed by atoms with Gasteiger partial charge >= 0.3 is 0 Å². The Morgan fingerprint density at radius 3 is 1.37 bits per heavy atom. The number of hydrogen-bond donors (Lipinski definition) is 0. The van der Waals surface area contributed by atoms with Crippen LogP contribution in [-0.4, -0.2) is 9.13 Å². The fourth-order valence-corrected chi connectivity index (χ4v) is 4.60. The van der Waals surface area contributed by atoms with Gasteiger partial charge in [-0.05, 0) is 41.0 Å². The molecule has 3 heteroatoms. The van der Waals surface area contributed by atoms with Gasteiger partial charge in [-0.15, -0.1) is 8.86 Å². The Morgan fingerprint density at radius 1 is 0.633 bits per heavy atom. The van der Waals surface area contributed by atoms with Gasteiger partial charge in [0.05, 0.1) is 0 Å². The van der Waals surface area contributed by atoms with E-state index in [4.69, 9.17) is 0 Å². The second-order valence-electron chi connectivity index (χ2n) is 9.48. The van der Waals surface area contributed by atoms with Crippen LogP contribution in [-0.2, 0) is 0 Å². The molecule has 2 aromatic carbocycles. The SMILES string of the molecule is CC(C)c1cccc(C(C)C)c1-n1[c-]cn(-c2c(C(C)C)cccc2C(C)C)c1=P. The molecule has 0 spiro atoms. The van der Waals surface area contributed by atoms with Crippen molar-refractivity contribution in [1.29, 1.82) is 0 Å². The van der Waals surface area contributed by atoms with Crippen LogP contribution >= 0.6 is 8.86 Å². The molecule has 1 aromatic heterocycles. The van der Waals surface area contributed by atoms with Gasteiger partial charge in [0.25, 0.3) is 0 Å². The van der Waals surface area contributed by atoms with Crippen molar-refractivity contribution >= 4 is 8.86 Å². The molecular formula is C27H36N2P-. The van der Waals surface area contributed by atoms with E-state index in [-0.39, 0.29) is 0 Å². The summed E-state index contributed by atoms with van der Waals surface area (Å²) in [5.74, 6) is 1.75. The number of hydrogen-bond acceptors (Lipinski definition) is 0. The Kier molecular flexibility index (Phi) is 6.78. The number of nitrogens with zero attached hydrogens (tertiary/aromatic N) is 2. The third-order valence-electron chi connectivity index (χ3n) is 5.91. The third-order valence-corrected chi connectivity index (χ3v) is 6.37. The minimum Gasteiger partial charge on any atom is -0.459 e. The van der Waals surface area contributed by atoms with Crippen molar-refractivity contribution in [2.45, 2.75) is 79.1 Å². The van der Waals surface area contributed by atoms with E-state index in [1.54, 1.807) is 0 Å². The summed E-state index contributed by atoms with van der Waals surface area (Å²) in [4.78, 5) is 0. The van der Waals surface area contributed by atoms with Crippen molar-refractivity contribution in [3.63, 3.8) is 0 Å². The smallest absolute Gasteiger partial charge is 0.0416 e. The van der Waals surface area contributed by atoms with E-state index in [0.29, 0.717) is 23.7 Å². The molecule has 0 aliphatic carbocycles. The summed E-state index contributed by atoms with van der Waals surface area (Å²) >= 11 is 0. The van der Waals surface area contributed by atoms with Gasteiger partial charge in [-0.25, -0.2) is 0 Å². The lowest BCUT2D eigenvalue weighted by atomic mass is 9.92. The van der Waals surface area contributed by atoms with Gasteiger partial charge in [0.1, 0.15) is 0 Å². The summed E-state index contributed by atoms with van der Waals surface area (Å²) in [5.41, 5.74) is 7.94. The highest BCUT2D eigenvalue weighted by Crippen LogP contribution is 2.34. The van der Waals surface area contributed by atoms with Gasteiger partial charge in [0.2, 0.25) is 0 Å². The normalized spacial score (nSPS) is 12.0. The molecule has 0 saturated heterocycles. The van der Waals surface area contributed by atoms with E-state index in [0.717, 1.165) is 5.20 Å². The van der Waals surface area contributed by atoms with E-state index >= 15 is 0 Å². The van der Waals surface area contributed by atoms with Gasteiger partial charge in [-0.1, -0.05) is 115 Å². The maximum atomic E-state index is 4.02. The predicted molar refractivity (Wildman–Crippen MR) is 132 cm³/mol. The highest BCUT2D eigenvalue weighted by atomic mass is 31.0. The standard InChI is InChI=1S/C27H36N2P/c1-17(2)21-11-9-12-22(18(3)4)25(21)28-15-16-29(27(28)30)26-23(19(5)6)13-10-14-24(26)20(7)8/h9-15,17-20,30H,1-8H3/q-1. The summed E-state index contributed by atoms with van der Waals surface area (Å²) in [6.45, 7) is 18.1. The van der Waals surface area contributed by atoms with E-state index in [1.165, 1.54) is 33.6 Å². The third kappa shape index (κ3) is 4.08. The lowest BCUT2D eigenvalue weighted by molar-refractivity contribution is 0.784. The zero-order valence-corrected chi connectivity index (χ0v) is 20.7. The van der Waals surface area contributed by atoms with Crippen molar-refractivity contribution in [1.82, 2.24) is 9.13 Å². The Hall–Kier alpha value is -2.05. The largest absolute Gasteiger partial charge is 0.459 e. The number of aromatic nitrogens is 2. The average molecular weight is 420 g/mol. The number of benzene rings is 2. The maximum absolute atomic E-state index is 4.02. The second-order valence-corrected chi connectivity index (χ2v) is 9.92. The van der Waals surface area contributed by atoms with Gasteiger partial charge in [0, 0.05) is 10.9 Å². The summed E-state index contributed by atoms with van der Waals surface area (Å²) in [6.07, 6.45) is 5.62. The monoisotopic (exact) mass is 419 g/mol. The van der Waals surface area contributed by atoms with E-state index in [9.17, 15) is 0 Å². The van der Waals surface area contributed by atoms with Crippen molar-refractivity contribution in [2.24, 2.45) is 0 Å². The minimum atomic E-state index is 0.434. The summed E-state index contributed by atoms with van der Waals surface area (Å²) in [5, 5.41) is 1.00. The molecule has 3 aromatic rings. The predicted octanol–water partition coefficient (Wildman–Crippen LogP) is 8.24. The van der Waals surface area contributed by atoms with E-state index in [2.05, 4.69) is 122 Å². The van der Waals surface area contributed by atoms with Gasteiger partial charge < -0.3 is 9.13 Å². The van der Waals surface area contributed by atoms with Crippen molar-refractivity contribution < 1.29 is 0 Å². The molecule has 1 heterocycles. The topological polar surface area (TPSA) is 9.86 Å². The summed E-state index contributed by atoms with van der Waals surface area (Å²) in [7, 11) is 4.02. The van der Waals surface area contributed by atoms with Crippen LogP contribution in [0.1, 0.15) is 101 Å². The number of para-hydroxylation sites is 2. The van der Waals surface area contributed by atoms with Crippen LogP contribution in [0.25, 0.3) is 11.4 Å². The van der Waals surface area contributed by atoms with Gasteiger partial charge in [-0.3, -0.25) is 0 Å². The first-order valence-electron chi connectivity index (χ1n) is 11.2. The molecule has 3 rings (SSSR count). The Bertz CT molecular complexity index is 944. The fourth-order valence-electron chi connectivity index (χ4n) is 4.25. The molecule has 0 amide bonds. The van der Waals surface area contributed by atoms with Crippen molar-refractivity contribution in [3.8, 4) is 11.4 Å². The maximum Gasteiger partial charge on any atom is 0.0416 e. The zero-order chi connectivity index (χ0) is 22.2. The van der Waals surface area contributed by atoms with Crippen LogP contribution in [0.3, 0.4) is 0 Å². The lowest BCUT2D eigenvalue weighted by Crippen LogP contribution is -2.09. The van der Waals surface area contributed by atoms with Crippen LogP contribution in [0.5, 0.6) is 0 Å². The molecule has 0 fully saturated rings. The first kappa shape index (κ1) is 22.6. The molecule has 0 unspecified atom stereocenters. The van der Waals surface area contributed by atoms with Crippen LogP contribution in [0.15, 0.2) is 42.6 Å². The molecule has 0 radical (unpaired) electrons. The average Bonchev–Trinajstić information content (AvgIpc) is 3.07. The minimum absolute atomic E-state index is 0.434. The molecule has 0 N–H and O–H groups in total. The molecule has 2 nitrogen and oxygen atoms in total. The van der Waals surface area contributed by atoms with Crippen LogP contribution < -0.4 is 0 Å². The second kappa shape index (κ2) is 8.98. The molecule has 0 aliphatic heterocycles. The quantitative estimate of drug-likeness (QED) is 0.281. The molecular weight excluding hydrogens is 383 g/mol. The van der Waals surface area contributed by atoms with E-state index in [1.807, 2.05) is 0 Å². The number of rotatable bonds is 6. The first-order chi connectivity index (χ1) is 14.1. The highest BCUT2D eigenvalue weighted by Gasteiger charge is 2.16. The van der Waals surface area contributed by atoms with Crippen molar-refractivity contribution in [3.05, 3.63) is 76.2 Å². The molecule has 0 aliphatic rings. The molecule has 0 saturated carbocycles. The molecule has 30 heavy (non-hydrogen) atoms. The van der Waals surface area contributed by atoms with Crippen LogP contribution in [0.4, 0.5) is 0 Å². The number of imidazole rings is 1. The van der Waals surface area contributed by atoms with Crippen LogP contribution in [0.2, 0.25) is 0 Å². The summed E-state index contributed by atoms with van der Waals surface area (Å²) in [6, 6.07) is 13.4. The Labute approximate surface area is 184 Å². The molecule has 0 bridgehead atoms. The Balaban J connectivity index is 2.33. The summed E-state index contributed by atoms with van der Waals surface area (Å²) < 4.78 is 4.46. The first-order valence-corrected chi connectivity index (χ1v) is 11.7. The van der Waals surface area contributed by atoms with Gasteiger partial charge in [-0.2, -0.15) is 0 Å². The highest BCUT2D eigenvalue weighted by molar-refractivity contribution is 7.06. The lowest BCUT2D eigenvalue weighted by Gasteiger charge is -2.28. The molecule has 0 atom stereocenters. The Morgan fingerprint density at radius 2 is 1.00 bits per heavy atom. The van der Waals surface area contributed by atoms with E-state index < -0.39 is 0 Å². The van der Waals surface area contributed by atoms with Gasteiger partial charge in [0.15, 0.2) is 0 Å². The zero-order valence-electron chi connectivity index (χ0n) is 19.7. The fraction of sp³-hybridized carbons (Fsp3) is 0.444. The molecule has 160 valence electrons.